The van der Waals surface area contributed by atoms with E-state index in [0.717, 1.165) is 6.07 Å². The second-order valence-corrected chi connectivity index (χ2v) is 5.78. The number of hydrogen-bond donors (Lipinski definition) is 1. The van der Waals surface area contributed by atoms with Gasteiger partial charge in [0.1, 0.15) is 0 Å². The Morgan fingerprint density at radius 3 is 2.52 bits per heavy atom. The number of carboxylic acids is 1. The molecule has 0 spiro atoms. The predicted molar refractivity (Wildman–Crippen MR) is 71.4 cm³/mol. The van der Waals surface area contributed by atoms with Gasteiger partial charge in [-0.1, -0.05) is 13.0 Å². The third-order valence-corrected chi connectivity index (χ3v) is 4.28. The highest BCUT2D eigenvalue weighted by atomic mass is 19.2. The fraction of sp³-hybridized carbons (Fsp3) is 0.533. The lowest BCUT2D eigenvalue weighted by atomic mass is 9.78. The molecule has 0 amide bonds. The molecule has 1 fully saturated rings. The molecule has 0 saturated carbocycles. The average Bonchev–Trinajstić information content (AvgIpc) is 2.64. The van der Waals surface area contributed by atoms with Gasteiger partial charge in [-0.05, 0) is 25.8 Å². The van der Waals surface area contributed by atoms with Crippen LogP contribution in [-0.2, 0) is 9.53 Å². The van der Waals surface area contributed by atoms with Gasteiger partial charge in [-0.15, -0.1) is 0 Å². The first-order valence-corrected chi connectivity index (χ1v) is 6.63. The molecule has 116 valence electrons. The van der Waals surface area contributed by atoms with Gasteiger partial charge >= 0.3 is 5.97 Å². The zero-order chi connectivity index (χ0) is 15.9. The van der Waals surface area contributed by atoms with E-state index < -0.39 is 35.2 Å². The van der Waals surface area contributed by atoms with E-state index in [1.54, 1.807) is 13.8 Å². The number of carboxylic acid groups (broad SMARTS) is 1. The zero-order valence-electron chi connectivity index (χ0n) is 12.3. The van der Waals surface area contributed by atoms with Gasteiger partial charge in [0.15, 0.2) is 17.7 Å². The van der Waals surface area contributed by atoms with Crippen molar-refractivity contribution < 1.29 is 28.2 Å². The highest BCUT2D eigenvalue weighted by Gasteiger charge is 2.51. The van der Waals surface area contributed by atoms with Gasteiger partial charge in [-0.3, -0.25) is 0 Å². The van der Waals surface area contributed by atoms with Gasteiger partial charge in [-0.2, -0.15) is 4.39 Å². The second kappa shape index (κ2) is 5.26. The Balaban J connectivity index is 2.58. The number of methoxy groups -OCH3 is 1. The fourth-order valence-electron chi connectivity index (χ4n) is 2.86. The first-order valence-electron chi connectivity index (χ1n) is 6.63. The van der Waals surface area contributed by atoms with Crippen LogP contribution in [-0.4, -0.2) is 29.9 Å². The molecule has 0 radical (unpaired) electrons. The quantitative estimate of drug-likeness (QED) is 0.932. The van der Waals surface area contributed by atoms with Crippen LogP contribution in [0.15, 0.2) is 12.1 Å². The molecular formula is C15H18F2O4. The Bertz CT molecular complexity index is 571. The van der Waals surface area contributed by atoms with Crippen molar-refractivity contribution in [3.8, 4) is 5.75 Å². The topological polar surface area (TPSA) is 55.8 Å². The number of benzene rings is 1. The van der Waals surface area contributed by atoms with Gasteiger partial charge in [0.2, 0.25) is 5.82 Å². The molecule has 1 N–H and O–H groups in total. The van der Waals surface area contributed by atoms with Crippen LogP contribution in [0.2, 0.25) is 0 Å². The van der Waals surface area contributed by atoms with Gasteiger partial charge in [-0.25, -0.2) is 9.18 Å². The maximum absolute atomic E-state index is 13.9. The van der Waals surface area contributed by atoms with Crippen molar-refractivity contribution in [2.24, 2.45) is 5.92 Å². The SMILES string of the molecule is COc1c([C@H]2[C@H](C(=O)O)OC(C)(C)[C@H]2C)ccc(F)c1F. The largest absolute Gasteiger partial charge is 0.493 e. The van der Waals surface area contributed by atoms with Crippen LogP contribution in [0.25, 0.3) is 0 Å². The summed E-state index contributed by atoms with van der Waals surface area (Å²) in [7, 11) is 1.22. The summed E-state index contributed by atoms with van der Waals surface area (Å²) in [6.07, 6.45) is -1.13. The monoisotopic (exact) mass is 300 g/mol. The third-order valence-electron chi connectivity index (χ3n) is 4.28. The van der Waals surface area contributed by atoms with Crippen molar-refractivity contribution in [3.05, 3.63) is 29.3 Å². The number of halogens is 2. The molecule has 1 aliphatic rings. The zero-order valence-corrected chi connectivity index (χ0v) is 12.3. The number of carbonyl (C=O) groups is 1. The molecule has 1 aromatic rings. The van der Waals surface area contributed by atoms with E-state index in [1.807, 2.05) is 6.92 Å². The maximum Gasteiger partial charge on any atom is 0.333 e. The molecule has 0 bridgehead atoms. The van der Waals surface area contributed by atoms with Crippen LogP contribution in [0.5, 0.6) is 5.75 Å². The van der Waals surface area contributed by atoms with E-state index in [4.69, 9.17) is 9.47 Å². The predicted octanol–water partition coefficient (Wildman–Crippen LogP) is 2.96. The summed E-state index contributed by atoms with van der Waals surface area (Å²) >= 11 is 0. The normalized spacial score (nSPS) is 27.6. The Morgan fingerprint density at radius 2 is 2.00 bits per heavy atom. The molecule has 1 aromatic carbocycles. The molecule has 2 rings (SSSR count). The highest BCUT2D eigenvalue weighted by Crippen LogP contribution is 2.48. The first kappa shape index (κ1) is 15.7. The second-order valence-electron chi connectivity index (χ2n) is 5.78. The molecule has 1 heterocycles. The molecule has 4 nitrogen and oxygen atoms in total. The van der Waals surface area contributed by atoms with E-state index in [0.29, 0.717) is 5.56 Å². The van der Waals surface area contributed by atoms with Gasteiger partial charge in [0.05, 0.1) is 12.7 Å². The Morgan fingerprint density at radius 1 is 1.38 bits per heavy atom. The Hall–Kier alpha value is -1.69. The number of aliphatic carboxylic acids is 1. The molecule has 6 heteroatoms. The van der Waals surface area contributed by atoms with Crippen LogP contribution in [0.3, 0.4) is 0 Å². The van der Waals surface area contributed by atoms with Crippen molar-refractivity contribution >= 4 is 5.97 Å². The Labute approximate surface area is 121 Å². The summed E-state index contributed by atoms with van der Waals surface area (Å²) in [5.41, 5.74) is -0.384. The van der Waals surface area contributed by atoms with Crippen molar-refractivity contribution in [1.82, 2.24) is 0 Å². The molecule has 21 heavy (non-hydrogen) atoms. The minimum Gasteiger partial charge on any atom is -0.493 e. The molecule has 0 aliphatic carbocycles. The molecular weight excluding hydrogens is 282 g/mol. The lowest BCUT2D eigenvalue weighted by Crippen LogP contribution is -2.27. The first-order chi connectivity index (χ1) is 9.70. The van der Waals surface area contributed by atoms with Crippen molar-refractivity contribution in [2.45, 2.75) is 38.4 Å². The van der Waals surface area contributed by atoms with E-state index in [9.17, 15) is 18.7 Å². The smallest absolute Gasteiger partial charge is 0.333 e. The standard InChI is InChI=1S/C15H18F2O4/c1-7-10(13(14(18)19)21-15(7,2)3)8-5-6-9(16)11(17)12(8)20-4/h5-7,10,13H,1-4H3,(H,18,19)/t7-,10-,13+/m0/s1. The van der Waals surface area contributed by atoms with Crippen LogP contribution in [0.4, 0.5) is 8.78 Å². The molecule has 0 unspecified atom stereocenters. The van der Waals surface area contributed by atoms with Gasteiger partial charge in [0.25, 0.3) is 0 Å². The van der Waals surface area contributed by atoms with Gasteiger partial charge in [0, 0.05) is 11.5 Å². The van der Waals surface area contributed by atoms with Crippen LogP contribution in [0.1, 0.15) is 32.3 Å². The summed E-state index contributed by atoms with van der Waals surface area (Å²) in [5, 5.41) is 9.35. The van der Waals surface area contributed by atoms with Crippen molar-refractivity contribution in [1.29, 1.82) is 0 Å². The summed E-state index contributed by atoms with van der Waals surface area (Å²) in [6.45, 7) is 5.38. The highest BCUT2D eigenvalue weighted by molar-refractivity contribution is 5.75. The minimum atomic E-state index is -1.13. The number of rotatable bonds is 3. The van der Waals surface area contributed by atoms with E-state index in [1.165, 1.54) is 13.2 Å². The molecule has 1 aliphatic heterocycles. The third kappa shape index (κ3) is 2.48. The fourth-order valence-corrected chi connectivity index (χ4v) is 2.86. The van der Waals surface area contributed by atoms with E-state index >= 15 is 0 Å². The summed E-state index contributed by atoms with van der Waals surface area (Å²) in [5.74, 6) is -4.38. The summed E-state index contributed by atoms with van der Waals surface area (Å²) in [4.78, 5) is 11.4. The van der Waals surface area contributed by atoms with Crippen LogP contribution >= 0.6 is 0 Å². The van der Waals surface area contributed by atoms with Gasteiger partial charge < -0.3 is 14.6 Å². The average molecular weight is 300 g/mol. The van der Waals surface area contributed by atoms with E-state index in [2.05, 4.69) is 0 Å². The summed E-state index contributed by atoms with van der Waals surface area (Å²) in [6, 6.07) is 2.34. The lowest BCUT2D eigenvalue weighted by Gasteiger charge is -2.25. The molecule has 3 atom stereocenters. The van der Waals surface area contributed by atoms with Crippen LogP contribution < -0.4 is 4.74 Å². The maximum atomic E-state index is 13.9. The Kier molecular flexibility index (Phi) is 3.93. The number of hydrogen-bond acceptors (Lipinski definition) is 3. The lowest BCUT2D eigenvalue weighted by molar-refractivity contribution is -0.153. The van der Waals surface area contributed by atoms with Crippen molar-refractivity contribution in [3.63, 3.8) is 0 Å². The number of ether oxygens (including phenoxy) is 2. The van der Waals surface area contributed by atoms with E-state index in [-0.39, 0.29) is 11.7 Å². The summed E-state index contributed by atoms with van der Waals surface area (Å²) < 4.78 is 37.7. The molecule has 0 aromatic heterocycles. The minimum absolute atomic E-state index is 0.211. The van der Waals surface area contributed by atoms with Crippen LogP contribution in [0, 0.1) is 17.6 Å². The van der Waals surface area contributed by atoms with Crippen molar-refractivity contribution in [2.75, 3.05) is 7.11 Å². The molecule has 1 saturated heterocycles.